The minimum absolute atomic E-state index is 0.201. The van der Waals surface area contributed by atoms with Crippen molar-refractivity contribution in [2.24, 2.45) is 5.41 Å². The highest BCUT2D eigenvalue weighted by molar-refractivity contribution is 7.98. The van der Waals surface area contributed by atoms with Crippen LogP contribution in [0.15, 0.2) is 24.3 Å². The van der Waals surface area contributed by atoms with Crippen molar-refractivity contribution in [3.63, 3.8) is 0 Å². The fraction of sp³-hybridized carbons (Fsp3) is 0.538. The van der Waals surface area contributed by atoms with Gasteiger partial charge in [-0.05, 0) is 22.8 Å². The van der Waals surface area contributed by atoms with Crippen molar-refractivity contribution >= 4 is 11.8 Å². The van der Waals surface area contributed by atoms with Crippen LogP contribution in [0.2, 0.25) is 0 Å². The molecule has 1 aromatic rings. The van der Waals surface area contributed by atoms with Crippen molar-refractivity contribution in [2.75, 3.05) is 5.75 Å². The molecule has 0 aromatic heterocycles. The molecule has 0 fully saturated rings. The van der Waals surface area contributed by atoms with E-state index in [-0.39, 0.29) is 5.41 Å². The van der Waals surface area contributed by atoms with Gasteiger partial charge in [0.1, 0.15) is 0 Å². The first kappa shape index (κ1) is 14.4. The summed E-state index contributed by atoms with van der Waals surface area (Å²) in [7, 11) is 0. The second kappa shape index (κ2) is 5.34. The zero-order valence-electron chi connectivity index (χ0n) is 10.3. The molecule has 0 aliphatic rings. The molecule has 0 heterocycles. The summed E-state index contributed by atoms with van der Waals surface area (Å²) in [6.45, 7) is 6.35. The molecule has 4 heteroatoms. The van der Waals surface area contributed by atoms with Gasteiger partial charge in [-0.3, -0.25) is 0 Å². The molecule has 0 spiro atoms. The van der Waals surface area contributed by atoms with Crippen LogP contribution in [0.3, 0.4) is 0 Å². The van der Waals surface area contributed by atoms with Crippen molar-refractivity contribution in [1.82, 2.24) is 0 Å². The van der Waals surface area contributed by atoms with Crippen LogP contribution in [0.25, 0.3) is 0 Å². The maximum Gasteiger partial charge on any atom is 0.416 e. The van der Waals surface area contributed by atoms with E-state index in [0.717, 1.165) is 17.4 Å². The lowest BCUT2D eigenvalue weighted by Crippen LogP contribution is -2.08. The van der Waals surface area contributed by atoms with Gasteiger partial charge < -0.3 is 0 Å². The normalized spacial score (nSPS) is 12.8. The summed E-state index contributed by atoms with van der Waals surface area (Å²) in [6, 6.07) is 5.55. The number of thioether (sulfide) groups is 1. The monoisotopic (exact) mass is 262 g/mol. The summed E-state index contributed by atoms with van der Waals surface area (Å²) in [4.78, 5) is 0. The minimum atomic E-state index is -4.25. The van der Waals surface area contributed by atoms with Gasteiger partial charge in [0.15, 0.2) is 0 Å². The van der Waals surface area contributed by atoms with Crippen LogP contribution in [0.5, 0.6) is 0 Å². The lowest BCUT2D eigenvalue weighted by Gasteiger charge is -2.17. The summed E-state index contributed by atoms with van der Waals surface area (Å²) in [6.07, 6.45) is -4.25. The molecule has 0 N–H and O–H groups in total. The van der Waals surface area contributed by atoms with Gasteiger partial charge in [0, 0.05) is 5.75 Å². The predicted octanol–water partition coefficient (Wildman–Crippen LogP) is 4.98. The Morgan fingerprint density at radius 3 is 2.29 bits per heavy atom. The van der Waals surface area contributed by atoms with Crippen LogP contribution in [-0.4, -0.2) is 5.75 Å². The van der Waals surface area contributed by atoms with Gasteiger partial charge in [-0.15, -0.1) is 0 Å². The average molecular weight is 262 g/mol. The highest BCUT2D eigenvalue weighted by Crippen LogP contribution is 2.31. The van der Waals surface area contributed by atoms with E-state index in [1.807, 2.05) is 0 Å². The second-order valence-electron chi connectivity index (χ2n) is 5.25. The van der Waals surface area contributed by atoms with E-state index in [0.29, 0.717) is 5.75 Å². The molecule has 0 bridgehead atoms. The van der Waals surface area contributed by atoms with Crippen LogP contribution in [0.4, 0.5) is 13.2 Å². The summed E-state index contributed by atoms with van der Waals surface area (Å²) >= 11 is 1.67. The molecule has 0 atom stereocenters. The Balaban J connectivity index is 2.61. The zero-order chi connectivity index (χ0) is 13.1. The van der Waals surface area contributed by atoms with Crippen LogP contribution in [-0.2, 0) is 11.9 Å². The van der Waals surface area contributed by atoms with Gasteiger partial charge in [-0.1, -0.05) is 39.0 Å². The molecule has 0 unspecified atom stereocenters. The molecule has 0 nitrogen and oxygen atoms in total. The first-order valence-corrected chi connectivity index (χ1v) is 6.58. The summed E-state index contributed by atoms with van der Waals surface area (Å²) < 4.78 is 37.4. The Kier molecular flexibility index (Phi) is 4.53. The van der Waals surface area contributed by atoms with E-state index < -0.39 is 11.7 Å². The Labute approximate surface area is 105 Å². The fourth-order valence-corrected chi connectivity index (χ4v) is 2.44. The van der Waals surface area contributed by atoms with E-state index in [2.05, 4.69) is 20.8 Å². The van der Waals surface area contributed by atoms with Crippen LogP contribution in [0, 0.1) is 5.41 Å². The molecular formula is C13H17F3S. The third kappa shape index (κ3) is 5.48. The smallest absolute Gasteiger partial charge is 0.166 e. The van der Waals surface area contributed by atoms with Crippen LogP contribution >= 0.6 is 11.8 Å². The largest absolute Gasteiger partial charge is 0.416 e. The highest BCUT2D eigenvalue weighted by atomic mass is 32.2. The quantitative estimate of drug-likeness (QED) is 0.740. The van der Waals surface area contributed by atoms with E-state index in [4.69, 9.17) is 0 Å². The molecule has 0 radical (unpaired) electrons. The van der Waals surface area contributed by atoms with Crippen molar-refractivity contribution < 1.29 is 13.2 Å². The van der Waals surface area contributed by atoms with E-state index in [1.165, 1.54) is 12.1 Å². The van der Waals surface area contributed by atoms with Crippen LogP contribution < -0.4 is 0 Å². The number of hydrogen-bond acceptors (Lipinski definition) is 1. The lowest BCUT2D eigenvalue weighted by atomic mass is 10.0. The van der Waals surface area contributed by atoms with Gasteiger partial charge in [-0.2, -0.15) is 24.9 Å². The second-order valence-corrected chi connectivity index (χ2v) is 6.24. The van der Waals surface area contributed by atoms with Crippen LogP contribution in [0.1, 0.15) is 31.9 Å². The summed E-state index contributed by atoms with van der Waals surface area (Å²) in [5.74, 6) is 1.56. The Morgan fingerprint density at radius 2 is 1.76 bits per heavy atom. The zero-order valence-corrected chi connectivity index (χ0v) is 11.1. The molecule has 0 amide bonds. The minimum Gasteiger partial charge on any atom is -0.166 e. The maximum atomic E-state index is 12.5. The topological polar surface area (TPSA) is 0 Å². The first-order valence-electron chi connectivity index (χ1n) is 5.42. The van der Waals surface area contributed by atoms with Crippen molar-refractivity contribution in [1.29, 1.82) is 0 Å². The summed E-state index contributed by atoms with van der Waals surface area (Å²) in [5, 5.41) is 0. The average Bonchev–Trinajstić information content (AvgIpc) is 2.15. The first-order chi connectivity index (χ1) is 7.68. The Morgan fingerprint density at radius 1 is 1.12 bits per heavy atom. The van der Waals surface area contributed by atoms with Gasteiger partial charge in [-0.25, -0.2) is 0 Å². The molecule has 96 valence electrons. The number of alkyl halides is 3. The van der Waals surface area contributed by atoms with E-state index >= 15 is 0 Å². The Hall–Kier alpha value is -0.640. The number of rotatable bonds is 3. The van der Waals surface area contributed by atoms with Gasteiger partial charge >= 0.3 is 6.18 Å². The van der Waals surface area contributed by atoms with Crippen molar-refractivity contribution in [3.8, 4) is 0 Å². The highest BCUT2D eigenvalue weighted by Gasteiger charge is 2.30. The molecule has 1 rings (SSSR count). The van der Waals surface area contributed by atoms with Gasteiger partial charge in [0.2, 0.25) is 0 Å². The van der Waals surface area contributed by atoms with Gasteiger partial charge in [0.05, 0.1) is 5.56 Å². The number of hydrogen-bond donors (Lipinski definition) is 0. The van der Waals surface area contributed by atoms with Crippen molar-refractivity contribution in [2.45, 2.75) is 32.7 Å². The van der Waals surface area contributed by atoms with E-state index in [1.54, 1.807) is 17.8 Å². The molecule has 0 aliphatic heterocycles. The molecule has 0 saturated carbocycles. The lowest BCUT2D eigenvalue weighted by molar-refractivity contribution is -0.137. The molecular weight excluding hydrogens is 245 g/mol. The molecule has 0 saturated heterocycles. The molecule has 1 aromatic carbocycles. The third-order valence-corrected chi connectivity index (χ3v) is 3.67. The fourth-order valence-electron chi connectivity index (χ4n) is 1.31. The Bertz CT molecular complexity index is 364. The standard InChI is InChI=1S/C13H17F3S/c1-12(2,3)9-17-8-10-5-4-6-11(7-10)13(14,15)16/h4-7H,8-9H2,1-3H3. The van der Waals surface area contributed by atoms with Gasteiger partial charge in [0.25, 0.3) is 0 Å². The maximum absolute atomic E-state index is 12.5. The summed E-state index contributed by atoms with van der Waals surface area (Å²) in [5.41, 5.74) is 0.368. The predicted molar refractivity (Wildman–Crippen MR) is 67.1 cm³/mol. The third-order valence-electron chi connectivity index (χ3n) is 2.06. The SMILES string of the molecule is CC(C)(C)CSCc1cccc(C(F)(F)F)c1. The number of benzene rings is 1. The molecule has 17 heavy (non-hydrogen) atoms. The van der Waals surface area contributed by atoms with E-state index in [9.17, 15) is 13.2 Å². The molecule has 0 aliphatic carbocycles. The van der Waals surface area contributed by atoms with Crippen molar-refractivity contribution in [3.05, 3.63) is 35.4 Å². The number of halogens is 3.